The molecule has 7 heteroatoms. The maximum absolute atomic E-state index is 13.7. The van der Waals surface area contributed by atoms with Gasteiger partial charge in [-0.05, 0) is 68.4 Å². The zero-order valence-electron chi connectivity index (χ0n) is 19.6. The van der Waals surface area contributed by atoms with Crippen LogP contribution in [0.5, 0.6) is 5.75 Å². The van der Waals surface area contributed by atoms with Crippen molar-refractivity contribution in [1.29, 1.82) is 0 Å². The number of hydrogen-bond donors (Lipinski definition) is 1. The Labute approximate surface area is 208 Å². The lowest BCUT2D eigenvalue weighted by Gasteiger charge is -2.19. The summed E-state index contributed by atoms with van der Waals surface area (Å²) in [5.41, 5.74) is 4.04. The van der Waals surface area contributed by atoms with Gasteiger partial charge >= 0.3 is 0 Å². The van der Waals surface area contributed by atoms with Crippen LogP contribution in [0.3, 0.4) is 0 Å². The normalized spacial score (nSPS) is 14.0. The van der Waals surface area contributed by atoms with Crippen LogP contribution in [0.2, 0.25) is 0 Å². The lowest BCUT2D eigenvalue weighted by Crippen LogP contribution is -2.20. The van der Waals surface area contributed by atoms with Gasteiger partial charge in [-0.2, -0.15) is 0 Å². The van der Waals surface area contributed by atoms with E-state index in [0.717, 1.165) is 45.0 Å². The van der Waals surface area contributed by atoms with Gasteiger partial charge in [0.2, 0.25) is 5.91 Å². The molecule has 2 aromatic heterocycles. The summed E-state index contributed by atoms with van der Waals surface area (Å²) in [6.45, 7) is 3.93. The highest BCUT2D eigenvalue weighted by Crippen LogP contribution is 2.44. The van der Waals surface area contributed by atoms with Crippen LogP contribution in [0.25, 0.3) is 10.2 Å². The van der Waals surface area contributed by atoms with Crippen LogP contribution in [-0.2, 0) is 17.6 Å². The first-order chi connectivity index (χ1) is 16.5. The lowest BCUT2D eigenvalue weighted by molar-refractivity contribution is -0.115. The molecule has 1 N–H and O–H groups in total. The molecule has 1 aliphatic carbocycles. The fraction of sp³-hybridized carbons (Fsp3) is 0.296. The number of aromatic nitrogens is 2. The minimum atomic E-state index is -0.469. The summed E-state index contributed by atoms with van der Waals surface area (Å²) in [6, 6.07) is 15.7. The molecule has 0 saturated heterocycles. The number of thiophene rings is 1. The first kappa shape index (κ1) is 22.9. The molecule has 174 valence electrons. The van der Waals surface area contributed by atoms with Crippen molar-refractivity contribution >= 4 is 44.9 Å². The van der Waals surface area contributed by atoms with Crippen molar-refractivity contribution in [2.45, 2.75) is 49.8 Å². The Morgan fingerprint density at radius 2 is 1.88 bits per heavy atom. The van der Waals surface area contributed by atoms with Gasteiger partial charge in [0.15, 0.2) is 0 Å². The number of rotatable bonds is 6. The van der Waals surface area contributed by atoms with Crippen molar-refractivity contribution in [3.05, 3.63) is 75.9 Å². The Kier molecular flexibility index (Phi) is 6.57. The zero-order valence-corrected chi connectivity index (χ0v) is 21.2. The maximum atomic E-state index is 13.7. The molecule has 1 amide bonds. The molecule has 1 unspecified atom stereocenters. The Morgan fingerprint density at radius 3 is 2.68 bits per heavy atom. The van der Waals surface area contributed by atoms with Crippen LogP contribution in [0.4, 0.5) is 5.69 Å². The highest BCUT2D eigenvalue weighted by molar-refractivity contribution is 8.00. The molecule has 4 aromatic rings. The fourth-order valence-corrected chi connectivity index (χ4v) is 7.02. The molecule has 2 heterocycles. The van der Waals surface area contributed by atoms with Gasteiger partial charge in [0.1, 0.15) is 26.7 Å². The standard InChI is InChI=1S/C27H27N3O2S2/c1-16-13-14-21(32-3)20(15-16)30-25(31)24(18-9-5-4-6-10-18)34-27-23-19-11-7-8-12-22(19)33-26(23)28-17(2)29-27/h4-6,9-10,13-15,24H,7-8,11-12H2,1-3H3,(H,30,31). The van der Waals surface area contributed by atoms with E-state index in [4.69, 9.17) is 14.7 Å². The van der Waals surface area contributed by atoms with Crippen LogP contribution in [0.15, 0.2) is 53.6 Å². The third kappa shape index (κ3) is 4.55. The second kappa shape index (κ2) is 9.76. The highest BCUT2D eigenvalue weighted by Gasteiger charge is 2.27. The van der Waals surface area contributed by atoms with Crippen molar-refractivity contribution in [1.82, 2.24) is 9.97 Å². The zero-order chi connectivity index (χ0) is 23.7. The third-order valence-electron chi connectivity index (χ3n) is 6.08. The monoisotopic (exact) mass is 489 g/mol. The van der Waals surface area contributed by atoms with E-state index in [0.29, 0.717) is 11.4 Å². The minimum absolute atomic E-state index is 0.103. The van der Waals surface area contributed by atoms with Gasteiger partial charge in [0.25, 0.3) is 0 Å². The molecule has 0 fully saturated rings. The number of nitrogens with one attached hydrogen (secondary N) is 1. The van der Waals surface area contributed by atoms with Crippen molar-refractivity contribution in [2.75, 3.05) is 12.4 Å². The van der Waals surface area contributed by atoms with E-state index >= 15 is 0 Å². The molecule has 1 atom stereocenters. The predicted octanol–water partition coefficient (Wildman–Crippen LogP) is 6.67. The van der Waals surface area contributed by atoms with Gasteiger partial charge in [-0.3, -0.25) is 4.79 Å². The summed E-state index contributed by atoms with van der Waals surface area (Å²) >= 11 is 3.30. The molecule has 5 rings (SSSR count). The van der Waals surface area contributed by atoms with Crippen LogP contribution < -0.4 is 10.1 Å². The molecule has 0 bridgehead atoms. The molecule has 0 aliphatic heterocycles. The highest BCUT2D eigenvalue weighted by atomic mass is 32.2. The number of ether oxygens (including phenoxy) is 1. The van der Waals surface area contributed by atoms with Crippen molar-refractivity contribution in [3.63, 3.8) is 0 Å². The van der Waals surface area contributed by atoms with Crippen LogP contribution >= 0.6 is 23.1 Å². The molecule has 1 aliphatic rings. The number of nitrogens with zero attached hydrogens (tertiary/aromatic N) is 2. The largest absolute Gasteiger partial charge is 0.495 e. The van der Waals surface area contributed by atoms with E-state index in [-0.39, 0.29) is 5.91 Å². The van der Waals surface area contributed by atoms with E-state index in [1.807, 2.05) is 62.4 Å². The summed E-state index contributed by atoms with van der Waals surface area (Å²) in [4.78, 5) is 25.8. The molecule has 2 aromatic carbocycles. The van der Waals surface area contributed by atoms with Gasteiger partial charge in [-0.1, -0.05) is 48.2 Å². The molecular weight excluding hydrogens is 462 g/mol. The Bertz CT molecular complexity index is 1350. The molecular formula is C27H27N3O2S2. The van der Waals surface area contributed by atoms with E-state index in [1.165, 1.54) is 35.0 Å². The van der Waals surface area contributed by atoms with Gasteiger partial charge in [-0.15, -0.1) is 11.3 Å². The third-order valence-corrected chi connectivity index (χ3v) is 8.50. The Morgan fingerprint density at radius 1 is 1.09 bits per heavy atom. The molecule has 5 nitrogen and oxygen atoms in total. The number of thioether (sulfide) groups is 1. The van der Waals surface area contributed by atoms with Gasteiger partial charge in [0.05, 0.1) is 12.8 Å². The van der Waals surface area contributed by atoms with Gasteiger partial charge < -0.3 is 10.1 Å². The summed E-state index contributed by atoms with van der Waals surface area (Å²) in [5.74, 6) is 1.28. The minimum Gasteiger partial charge on any atom is -0.495 e. The average Bonchev–Trinajstić information content (AvgIpc) is 3.21. The SMILES string of the molecule is COc1ccc(C)cc1NC(=O)C(Sc1nc(C)nc2sc3c(c12)CCCC3)c1ccccc1. The first-order valence-corrected chi connectivity index (χ1v) is 13.2. The van der Waals surface area contributed by atoms with Gasteiger partial charge in [0, 0.05) is 10.3 Å². The number of benzene rings is 2. The second-order valence-electron chi connectivity index (χ2n) is 8.57. The number of fused-ring (bicyclic) bond motifs is 3. The summed E-state index contributed by atoms with van der Waals surface area (Å²) in [5, 5.41) is 4.67. The number of methoxy groups -OCH3 is 1. The van der Waals surface area contributed by atoms with E-state index in [2.05, 4.69) is 5.32 Å². The van der Waals surface area contributed by atoms with Crippen molar-refractivity contribution in [3.8, 4) is 5.75 Å². The molecule has 0 radical (unpaired) electrons. The number of hydrogen-bond acceptors (Lipinski definition) is 6. The average molecular weight is 490 g/mol. The number of amides is 1. The second-order valence-corrected chi connectivity index (χ2v) is 10.7. The van der Waals surface area contributed by atoms with E-state index in [1.54, 1.807) is 18.4 Å². The Hall–Kier alpha value is -2.90. The molecule has 0 saturated carbocycles. The summed E-state index contributed by atoms with van der Waals surface area (Å²) in [6.07, 6.45) is 4.57. The molecule has 34 heavy (non-hydrogen) atoms. The van der Waals surface area contributed by atoms with E-state index in [9.17, 15) is 4.79 Å². The molecule has 0 spiro atoms. The smallest absolute Gasteiger partial charge is 0.242 e. The number of carbonyl (C=O) groups excluding carboxylic acids is 1. The predicted molar refractivity (Wildman–Crippen MR) is 140 cm³/mol. The van der Waals surface area contributed by atoms with Crippen LogP contribution in [-0.4, -0.2) is 23.0 Å². The van der Waals surface area contributed by atoms with E-state index < -0.39 is 5.25 Å². The van der Waals surface area contributed by atoms with Crippen molar-refractivity contribution in [2.24, 2.45) is 0 Å². The van der Waals surface area contributed by atoms with Crippen molar-refractivity contribution < 1.29 is 9.53 Å². The first-order valence-electron chi connectivity index (χ1n) is 11.5. The topological polar surface area (TPSA) is 64.1 Å². The summed E-state index contributed by atoms with van der Waals surface area (Å²) < 4.78 is 5.49. The number of anilines is 1. The quantitative estimate of drug-likeness (QED) is 0.242. The Balaban J connectivity index is 1.56. The lowest BCUT2D eigenvalue weighted by atomic mass is 9.97. The number of carbonyl (C=O) groups is 1. The fourth-order valence-electron chi connectivity index (χ4n) is 4.44. The van der Waals surface area contributed by atoms with Crippen LogP contribution in [0.1, 0.15) is 45.5 Å². The number of aryl methyl sites for hydroxylation is 4. The summed E-state index contributed by atoms with van der Waals surface area (Å²) in [7, 11) is 1.61. The van der Waals surface area contributed by atoms with Crippen LogP contribution in [0, 0.1) is 13.8 Å². The maximum Gasteiger partial charge on any atom is 0.242 e. The van der Waals surface area contributed by atoms with Gasteiger partial charge in [-0.25, -0.2) is 9.97 Å².